The summed E-state index contributed by atoms with van der Waals surface area (Å²) in [6.07, 6.45) is 6.72. The van der Waals surface area contributed by atoms with Crippen LogP contribution in [0.4, 0.5) is 0 Å². The lowest BCUT2D eigenvalue weighted by Gasteiger charge is -2.26. The Morgan fingerprint density at radius 1 is 1.05 bits per heavy atom. The average Bonchev–Trinajstić information content (AvgIpc) is 3.59. The molecule has 1 atom stereocenters. The number of imidazole rings is 1. The number of carbonyl (C=O) groups is 2. The lowest BCUT2D eigenvalue weighted by Crippen LogP contribution is -2.31. The number of nitrogens with zero attached hydrogens (tertiary/aromatic N) is 3. The highest BCUT2D eigenvalue weighted by Crippen LogP contribution is 2.43. The number of ether oxygens (including phenoxy) is 4. The Labute approximate surface area is 245 Å². The maximum Gasteiger partial charge on any atom is 0.295 e. The van der Waals surface area contributed by atoms with Gasteiger partial charge in [-0.1, -0.05) is 19.9 Å². The van der Waals surface area contributed by atoms with Crippen LogP contribution >= 0.6 is 0 Å². The van der Waals surface area contributed by atoms with Gasteiger partial charge in [0.1, 0.15) is 19.0 Å². The molecule has 3 heterocycles. The van der Waals surface area contributed by atoms with Gasteiger partial charge in [0.2, 0.25) is 0 Å². The van der Waals surface area contributed by atoms with Crippen molar-refractivity contribution in [2.75, 3.05) is 33.0 Å². The van der Waals surface area contributed by atoms with E-state index in [1.165, 1.54) is 4.90 Å². The summed E-state index contributed by atoms with van der Waals surface area (Å²) in [6, 6.07) is 9.57. The number of rotatable bonds is 12. The monoisotopic (exact) mass is 575 g/mol. The summed E-state index contributed by atoms with van der Waals surface area (Å²) in [5, 5.41) is 11.5. The summed E-state index contributed by atoms with van der Waals surface area (Å²) in [7, 11) is 0. The Morgan fingerprint density at radius 3 is 2.60 bits per heavy atom. The van der Waals surface area contributed by atoms with Gasteiger partial charge in [0, 0.05) is 31.0 Å². The largest absolute Gasteiger partial charge is 0.507 e. The lowest BCUT2D eigenvalue weighted by molar-refractivity contribution is -0.139. The van der Waals surface area contributed by atoms with E-state index < -0.39 is 17.7 Å². The van der Waals surface area contributed by atoms with Gasteiger partial charge in [-0.2, -0.15) is 0 Å². The van der Waals surface area contributed by atoms with Crippen LogP contribution in [0.3, 0.4) is 0 Å². The van der Waals surface area contributed by atoms with Crippen molar-refractivity contribution in [3.8, 4) is 23.0 Å². The van der Waals surface area contributed by atoms with Crippen LogP contribution in [0.1, 0.15) is 50.8 Å². The zero-order valence-corrected chi connectivity index (χ0v) is 24.2. The maximum absolute atomic E-state index is 13.5. The number of carbonyl (C=O) groups excluding carboxylic acids is 2. The zero-order chi connectivity index (χ0) is 29.6. The van der Waals surface area contributed by atoms with E-state index >= 15 is 0 Å². The number of Topliss-reactive ketones (excluding diaryl/α,β-unsaturated/α-hetero) is 1. The minimum absolute atomic E-state index is 0.00948. The van der Waals surface area contributed by atoms with Crippen LogP contribution in [-0.4, -0.2) is 64.2 Å². The SMILES string of the molecule is CCOc1cc([C@@H]2/C(=C(\O)c3ccc4c(c3)OCCO4)C(=O)C(=O)N2CCCn2ccnc2)ccc1OCCC(C)C. The zero-order valence-electron chi connectivity index (χ0n) is 24.2. The number of aryl methyl sites for hydroxylation is 1. The van der Waals surface area contributed by atoms with Crippen molar-refractivity contribution in [3.63, 3.8) is 0 Å². The summed E-state index contributed by atoms with van der Waals surface area (Å²) in [5.41, 5.74) is 1.00. The number of ketones is 1. The number of fused-ring (bicyclic) bond motifs is 1. The first-order valence-electron chi connectivity index (χ1n) is 14.4. The van der Waals surface area contributed by atoms with Gasteiger partial charge in [-0.05, 0) is 61.6 Å². The number of aliphatic hydroxyl groups is 1. The molecule has 1 saturated heterocycles. The highest BCUT2D eigenvalue weighted by atomic mass is 16.6. The second kappa shape index (κ2) is 13.0. The molecule has 0 saturated carbocycles. The molecule has 222 valence electrons. The fraction of sp³-hybridized carbons (Fsp3) is 0.406. The number of aliphatic hydroxyl groups excluding tert-OH is 1. The van der Waals surface area contributed by atoms with Crippen LogP contribution in [0.15, 0.2) is 60.7 Å². The van der Waals surface area contributed by atoms with Gasteiger partial charge in [0.25, 0.3) is 11.7 Å². The Morgan fingerprint density at radius 2 is 1.86 bits per heavy atom. The van der Waals surface area contributed by atoms with E-state index in [1.807, 2.05) is 23.8 Å². The maximum atomic E-state index is 13.5. The standard InChI is InChI=1S/C32H37N3O7/c1-4-39-26-18-22(6-8-24(26)40-15-10-21(2)3)29-28(30(36)23-7-9-25-27(19-23)42-17-16-41-25)31(37)32(38)35(29)13-5-12-34-14-11-33-20-34/h6-9,11,14,18-21,29,36H,4-5,10,12-13,15-17H2,1-3H3/b30-28+/t29-/m1/s1. The molecule has 2 aliphatic rings. The Kier molecular flexibility index (Phi) is 9.00. The van der Waals surface area contributed by atoms with Crippen LogP contribution in [0.25, 0.3) is 5.76 Å². The third-order valence-electron chi connectivity index (χ3n) is 7.27. The molecule has 10 heteroatoms. The molecule has 1 N–H and O–H groups in total. The first-order valence-corrected chi connectivity index (χ1v) is 14.4. The molecular weight excluding hydrogens is 538 g/mol. The number of hydrogen-bond donors (Lipinski definition) is 1. The molecule has 0 aliphatic carbocycles. The van der Waals surface area contributed by atoms with Crippen molar-refractivity contribution in [2.45, 2.75) is 46.2 Å². The normalized spacial score (nSPS) is 17.6. The lowest BCUT2D eigenvalue weighted by atomic mass is 9.94. The van der Waals surface area contributed by atoms with E-state index in [9.17, 15) is 14.7 Å². The van der Waals surface area contributed by atoms with Gasteiger partial charge in [0.15, 0.2) is 23.0 Å². The summed E-state index contributed by atoms with van der Waals surface area (Å²) >= 11 is 0. The summed E-state index contributed by atoms with van der Waals surface area (Å²) in [6.45, 7) is 8.81. The van der Waals surface area contributed by atoms with Gasteiger partial charge in [-0.25, -0.2) is 4.98 Å². The van der Waals surface area contributed by atoms with Gasteiger partial charge in [-0.15, -0.1) is 0 Å². The van der Waals surface area contributed by atoms with Gasteiger partial charge < -0.3 is 33.5 Å². The Hall–Kier alpha value is -4.47. The first-order chi connectivity index (χ1) is 20.4. The summed E-state index contributed by atoms with van der Waals surface area (Å²) < 4.78 is 25.2. The van der Waals surface area contributed by atoms with E-state index in [4.69, 9.17) is 18.9 Å². The summed E-state index contributed by atoms with van der Waals surface area (Å²) in [5.74, 6) is 0.934. The van der Waals surface area contributed by atoms with Crippen LogP contribution < -0.4 is 18.9 Å². The number of amides is 1. The molecule has 0 unspecified atom stereocenters. The van der Waals surface area contributed by atoms with Crippen LogP contribution in [0, 0.1) is 5.92 Å². The molecule has 0 bridgehead atoms. The molecule has 0 radical (unpaired) electrons. The first kappa shape index (κ1) is 29.0. The van der Waals surface area contributed by atoms with Gasteiger partial charge in [-0.3, -0.25) is 9.59 Å². The molecule has 5 rings (SSSR count). The molecule has 2 aliphatic heterocycles. The predicted octanol–water partition coefficient (Wildman–Crippen LogP) is 4.99. The van der Waals surface area contributed by atoms with Crippen molar-refractivity contribution in [3.05, 3.63) is 71.8 Å². The van der Waals surface area contributed by atoms with Gasteiger partial charge >= 0.3 is 0 Å². The quantitative estimate of drug-likeness (QED) is 0.183. The van der Waals surface area contributed by atoms with E-state index in [2.05, 4.69) is 18.8 Å². The topological polar surface area (TPSA) is 112 Å². The fourth-order valence-corrected chi connectivity index (χ4v) is 5.13. The van der Waals surface area contributed by atoms with Gasteiger partial charge in [0.05, 0.1) is 31.2 Å². The highest BCUT2D eigenvalue weighted by molar-refractivity contribution is 6.46. The molecular formula is C32H37N3O7. The molecule has 10 nitrogen and oxygen atoms in total. The number of benzene rings is 2. The molecule has 1 fully saturated rings. The molecule has 42 heavy (non-hydrogen) atoms. The molecule has 3 aromatic rings. The van der Waals surface area contributed by atoms with Crippen molar-refractivity contribution >= 4 is 17.4 Å². The third kappa shape index (κ3) is 6.22. The molecule has 1 aromatic heterocycles. The van der Waals surface area contributed by atoms with Crippen LogP contribution in [0.5, 0.6) is 23.0 Å². The van der Waals surface area contributed by atoms with Crippen molar-refractivity contribution in [1.29, 1.82) is 0 Å². The number of hydrogen-bond acceptors (Lipinski definition) is 8. The van der Waals surface area contributed by atoms with E-state index in [-0.39, 0.29) is 11.3 Å². The smallest absolute Gasteiger partial charge is 0.295 e. The molecule has 0 spiro atoms. The van der Waals surface area contributed by atoms with E-state index in [1.54, 1.807) is 42.9 Å². The molecule has 1 amide bonds. The van der Waals surface area contributed by atoms with E-state index in [0.717, 1.165) is 6.42 Å². The minimum atomic E-state index is -0.829. The highest BCUT2D eigenvalue weighted by Gasteiger charge is 2.46. The Balaban J connectivity index is 1.53. The second-order valence-corrected chi connectivity index (χ2v) is 10.7. The van der Waals surface area contributed by atoms with E-state index in [0.29, 0.717) is 86.0 Å². The number of likely N-dealkylation sites (tertiary alicyclic amines) is 1. The third-order valence-corrected chi connectivity index (χ3v) is 7.27. The number of aromatic nitrogens is 2. The predicted molar refractivity (Wildman–Crippen MR) is 156 cm³/mol. The van der Waals surface area contributed by atoms with Crippen molar-refractivity contribution in [1.82, 2.24) is 14.5 Å². The Bertz CT molecular complexity index is 1450. The van der Waals surface area contributed by atoms with Crippen LogP contribution in [-0.2, 0) is 16.1 Å². The van der Waals surface area contributed by atoms with Crippen molar-refractivity contribution in [2.24, 2.45) is 5.92 Å². The summed E-state index contributed by atoms with van der Waals surface area (Å²) in [4.78, 5) is 32.6. The van der Waals surface area contributed by atoms with Crippen LogP contribution in [0.2, 0.25) is 0 Å². The fourth-order valence-electron chi connectivity index (χ4n) is 5.13. The van der Waals surface area contributed by atoms with Crippen molar-refractivity contribution < 1.29 is 33.6 Å². The second-order valence-electron chi connectivity index (χ2n) is 10.7. The average molecular weight is 576 g/mol. The molecule has 2 aromatic carbocycles. The minimum Gasteiger partial charge on any atom is -0.507 e.